The van der Waals surface area contributed by atoms with Crippen LogP contribution in [0.2, 0.25) is 4.47 Å². The molecule has 0 spiro atoms. The Morgan fingerprint density at radius 3 is 2.90 bits per heavy atom. The molecule has 0 aliphatic rings. The lowest BCUT2D eigenvalue weighted by molar-refractivity contribution is 0.602. The molecule has 2 N–H and O–H groups in total. The molecule has 3 aromatic rings. The summed E-state index contributed by atoms with van der Waals surface area (Å²) < 4.78 is 27.4. The number of nitrogens with one attached hydrogen (secondary N) is 2. The van der Waals surface area contributed by atoms with Crippen LogP contribution < -0.4 is 4.72 Å². The minimum Gasteiger partial charge on any atom is -0.279 e. The maximum absolute atomic E-state index is 12.3. The SMILES string of the molecule is Cc1nc(Cl)sc1S(=O)(=O)Nc1ccc2cn[nH]c2c1. The zero-order valence-electron chi connectivity index (χ0n) is 10.2. The van der Waals surface area contributed by atoms with E-state index in [1.54, 1.807) is 31.3 Å². The van der Waals surface area contributed by atoms with Gasteiger partial charge >= 0.3 is 0 Å². The number of aromatic amines is 1. The van der Waals surface area contributed by atoms with Crippen LogP contribution >= 0.6 is 22.9 Å². The highest BCUT2D eigenvalue weighted by atomic mass is 35.5. The average molecular weight is 329 g/mol. The molecule has 0 saturated heterocycles. The summed E-state index contributed by atoms with van der Waals surface area (Å²) in [6.45, 7) is 1.61. The number of anilines is 1. The van der Waals surface area contributed by atoms with Crippen molar-refractivity contribution in [1.82, 2.24) is 15.2 Å². The molecule has 1 aromatic carbocycles. The van der Waals surface area contributed by atoms with Crippen LogP contribution in [-0.2, 0) is 10.0 Å². The number of thiazole rings is 1. The number of hydrogen-bond acceptors (Lipinski definition) is 5. The van der Waals surface area contributed by atoms with Crippen LogP contribution in [-0.4, -0.2) is 23.6 Å². The van der Waals surface area contributed by atoms with Crippen molar-refractivity contribution in [2.45, 2.75) is 11.1 Å². The molecule has 2 heterocycles. The summed E-state index contributed by atoms with van der Waals surface area (Å²) >= 11 is 6.67. The zero-order valence-corrected chi connectivity index (χ0v) is 12.6. The maximum atomic E-state index is 12.3. The Labute approximate surface area is 123 Å². The molecule has 2 aromatic heterocycles. The van der Waals surface area contributed by atoms with Gasteiger partial charge in [-0.3, -0.25) is 9.82 Å². The van der Waals surface area contributed by atoms with E-state index in [-0.39, 0.29) is 8.68 Å². The molecule has 0 unspecified atom stereocenters. The maximum Gasteiger partial charge on any atom is 0.273 e. The minimum atomic E-state index is -3.69. The van der Waals surface area contributed by atoms with Crippen molar-refractivity contribution in [2.75, 3.05) is 4.72 Å². The average Bonchev–Trinajstić information content (AvgIpc) is 2.94. The molecule has 20 heavy (non-hydrogen) atoms. The Bertz CT molecular complexity index is 885. The van der Waals surface area contributed by atoms with Crippen molar-refractivity contribution in [3.63, 3.8) is 0 Å². The lowest BCUT2D eigenvalue weighted by Crippen LogP contribution is -2.12. The minimum absolute atomic E-state index is 0.118. The van der Waals surface area contributed by atoms with Crippen molar-refractivity contribution < 1.29 is 8.42 Å². The fourth-order valence-electron chi connectivity index (χ4n) is 1.80. The summed E-state index contributed by atoms with van der Waals surface area (Å²) in [6.07, 6.45) is 1.67. The van der Waals surface area contributed by atoms with E-state index in [4.69, 9.17) is 11.6 Å². The van der Waals surface area contributed by atoms with Gasteiger partial charge in [0.1, 0.15) is 0 Å². The van der Waals surface area contributed by atoms with E-state index >= 15 is 0 Å². The monoisotopic (exact) mass is 328 g/mol. The van der Waals surface area contributed by atoms with E-state index in [1.165, 1.54) is 0 Å². The summed E-state index contributed by atoms with van der Waals surface area (Å²) in [5, 5.41) is 7.58. The molecule has 3 rings (SSSR count). The molecule has 9 heteroatoms. The van der Waals surface area contributed by atoms with Gasteiger partial charge in [-0.15, -0.1) is 0 Å². The van der Waals surface area contributed by atoms with E-state index in [9.17, 15) is 8.42 Å². The van der Waals surface area contributed by atoms with Crippen molar-refractivity contribution in [2.24, 2.45) is 0 Å². The van der Waals surface area contributed by atoms with Gasteiger partial charge in [-0.25, -0.2) is 13.4 Å². The Hall–Kier alpha value is -1.64. The predicted octanol–water partition coefficient (Wildman–Crippen LogP) is 2.78. The van der Waals surface area contributed by atoms with Gasteiger partial charge in [0.2, 0.25) is 0 Å². The standard InChI is InChI=1S/C11H9ClN4O2S2/c1-6-10(19-11(12)14-6)20(17,18)16-8-3-2-7-5-13-15-9(7)4-8/h2-5,16H,1H3,(H,13,15). The van der Waals surface area contributed by atoms with Crippen molar-refractivity contribution in [1.29, 1.82) is 0 Å². The molecule has 0 bridgehead atoms. The van der Waals surface area contributed by atoms with Gasteiger partial charge in [-0.1, -0.05) is 22.9 Å². The molecule has 104 valence electrons. The number of benzene rings is 1. The quantitative estimate of drug-likeness (QED) is 0.773. The van der Waals surface area contributed by atoms with E-state index in [0.29, 0.717) is 11.4 Å². The number of rotatable bonds is 3. The van der Waals surface area contributed by atoms with Crippen LogP contribution in [0, 0.1) is 6.92 Å². The molecule has 0 amide bonds. The second kappa shape index (κ2) is 4.72. The molecular weight excluding hydrogens is 320 g/mol. The van der Waals surface area contributed by atoms with Crippen LogP contribution in [0.1, 0.15) is 5.69 Å². The Morgan fingerprint density at radius 2 is 2.20 bits per heavy atom. The Kier molecular flexibility index (Phi) is 3.15. The Balaban J connectivity index is 1.98. The first-order valence-corrected chi connectivity index (χ1v) is 8.22. The second-order valence-corrected chi connectivity index (χ2v) is 7.58. The summed E-state index contributed by atoms with van der Waals surface area (Å²) in [4.78, 5) is 3.91. The van der Waals surface area contributed by atoms with Gasteiger partial charge < -0.3 is 0 Å². The highest BCUT2D eigenvalue weighted by Crippen LogP contribution is 2.28. The van der Waals surface area contributed by atoms with Gasteiger partial charge in [-0.2, -0.15) is 5.10 Å². The van der Waals surface area contributed by atoms with Crippen LogP contribution in [0.3, 0.4) is 0 Å². The predicted molar refractivity (Wildman–Crippen MR) is 78.8 cm³/mol. The van der Waals surface area contributed by atoms with Crippen molar-refractivity contribution in [3.05, 3.63) is 34.6 Å². The fraction of sp³-hybridized carbons (Fsp3) is 0.0909. The summed E-state index contributed by atoms with van der Waals surface area (Å²) in [7, 11) is -3.69. The van der Waals surface area contributed by atoms with Gasteiger partial charge in [-0.05, 0) is 25.1 Å². The Morgan fingerprint density at radius 1 is 1.40 bits per heavy atom. The molecule has 0 fully saturated rings. The van der Waals surface area contributed by atoms with Gasteiger partial charge in [0.25, 0.3) is 10.0 Å². The number of aromatic nitrogens is 3. The lowest BCUT2D eigenvalue weighted by atomic mass is 10.2. The summed E-state index contributed by atoms with van der Waals surface area (Å²) in [6, 6.07) is 5.13. The van der Waals surface area contributed by atoms with Crippen LogP contribution in [0.5, 0.6) is 0 Å². The molecular formula is C11H9ClN4O2S2. The number of sulfonamides is 1. The molecule has 0 saturated carbocycles. The largest absolute Gasteiger partial charge is 0.279 e. The van der Waals surface area contributed by atoms with Gasteiger partial charge in [0.15, 0.2) is 8.68 Å². The summed E-state index contributed by atoms with van der Waals surface area (Å²) in [5.41, 5.74) is 1.59. The van der Waals surface area contributed by atoms with Crippen LogP contribution in [0.15, 0.2) is 28.6 Å². The van der Waals surface area contributed by atoms with Crippen molar-refractivity contribution >= 4 is 49.6 Å². The molecule has 0 radical (unpaired) electrons. The van der Waals surface area contributed by atoms with Crippen molar-refractivity contribution in [3.8, 4) is 0 Å². The molecule has 6 nitrogen and oxygen atoms in total. The number of H-pyrrole nitrogens is 1. The first kappa shape index (κ1) is 13.3. The zero-order chi connectivity index (χ0) is 14.3. The van der Waals surface area contributed by atoms with Gasteiger partial charge in [0, 0.05) is 5.39 Å². The highest BCUT2D eigenvalue weighted by Gasteiger charge is 2.21. The smallest absolute Gasteiger partial charge is 0.273 e. The number of fused-ring (bicyclic) bond motifs is 1. The molecule has 0 aliphatic heterocycles. The lowest BCUT2D eigenvalue weighted by Gasteiger charge is -2.06. The topological polar surface area (TPSA) is 87.7 Å². The number of halogens is 1. The van der Waals surface area contributed by atoms with Gasteiger partial charge in [0.05, 0.1) is 23.1 Å². The number of hydrogen-bond donors (Lipinski definition) is 2. The number of nitrogens with zero attached hydrogens (tertiary/aromatic N) is 2. The van der Waals surface area contributed by atoms with Crippen LogP contribution in [0.4, 0.5) is 5.69 Å². The fourth-order valence-corrected chi connectivity index (χ4v) is 4.59. The van der Waals surface area contributed by atoms with E-state index < -0.39 is 10.0 Å². The van der Waals surface area contributed by atoms with E-state index in [0.717, 1.165) is 22.2 Å². The summed E-state index contributed by atoms with van der Waals surface area (Å²) in [5.74, 6) is 0. The third-order valence-corrected chi connectivity index (χ3v) is 5.92. The first-order valence-electron chi connectivity index (χ1n) is 5.54. The number of aryl methyl sites for hydroxylation is 1. The second-order valence-electron chi connectivity index (χ2n) is 4.12. The normalized spacial score (nSPS) is 11.9. The third kappa shape index (κ3) is 2.37. The molecule has 0 aliphatic carbocycles. The van der Waals surface area contributed by atoms with E-state index in [2.05, 4.69) is 19.9 Å². The van der Waals surface area contributed by atoms with Crippen LogP contribution in [0.25, 0.3) is 10.9 Å². The highest BCUT2D eigenvalue weighted by molar-refractivity contribution is 7.94. The third-order valence-electron chi connectivity index (χ3n) is 2.67. The first-order chi connectivity index (χ1) is 9.45. The van der Waals surface area contributed by atoms with E-state index in [1.807, 2.05) is 0 Å². The molecule has 0 atom stereocenters.